The van der Waals surface area contributed by atoms with Gasteiger partial charge in [0.2, 0.25) is 0 Å². The molecule has 0 atom stereocenters. The van der Waals surface area contributed by atoms with Gasteiger partial charge in [-0.05, 0) is 6.42 Å². The van der Waals surface area contributed by atoms with E-state index in [4.69, 9.17) is 0 Å². The Hall–Kier alpha value is -0.530. The topological polar surface area (TPSA) is 24.4 Å². The molecule has 0 fully saturated rings. The number of aliphatic imine (C=N–C) groups is 1. The molecule has 0 saturated carbocycles. The van der Waals surface area contributed by atoms with Gasteiger partial charge in [0.25, 0.3) is 0 Å². The third-order valence-electron chi connectivity index (χ3n) is 6.01. The fourth-order valence-corrected chi connectivity index (χ4v) is 4.16. The van der Waals surface area contributed by atoms with Gasteiger partial charge >= 0.3 is 0 Å². The maximum absolute atomic E-state index is 4.46. The Kier molecular flexibility index (Phi) is 18.3. The van der Waals surface area contributed by atoms with E-state index in [1.807, 2.05) is 0 Å². The number of nitrogens with one attached hydrogen (secondary N) is 1. The molecule has 1 heterocycles. The maximum Gasteiger partial charge on any atom is 0.0964 e. The minimum atomic E-state index is 0.995. The molecule has 160 valence electrons. The molecule has 2 nitrogen and oxygen atoms in total. The van der Waals surface area contributed by atoms with Gasteiger partial charge in [0.05, 0.1) is 12.4 Å². The van der Waals surface area contributed by atoms with Crippen LogP contribution in [-0.4, -0.2) is 18.9 Å². The monoisotopic (exact) mass is 378 g/mol. The fraction of sp³-hybridized carbons (Fsp3) is 0.960. The Balaban J connectivity index is 1.63. The number of nitrogens with zero attached hydrogens (tertiary/aromatic N) is 1. The first-order chi connectivity index (χ1) is 13.4. The van der Waals surface area contributed by atoms with Gasteiger partial charge in [-0.25, -0.2) is 0 Å². The molecule has 0 amide bonds. The van der Waals surface area contributed by atoms with Crippen LogP contribution in [0.25, 0.3) is 0 Å². The Morgan fingerprint density at radius 2 is 0.926 bits per heavy atom. The molecular weight excluding hydrogens is 328 g/mol. The Bertz CT molecular complexity index is 324. The number of rotatable bonds is 21. The van der Waals surface area contributed by atoms with E-state index in [0.717, 1.165) is 13.1 Å². The molecule has 1 rings (SSSR count). The van der Waals surface area contributed by atoms with Crippen LogP contribution in [0.1, 0.15) is 142 Å². The number of amidine groups is 1. The smallest absolute Gasteiger partial charge is 0.0964 e. The van der Waals surface area contributed by atoms with Gasteiger partial charge in [-0.1, -0.05) is 129 Å². The van der Waals surface area contributed by atoms with Gasteiger partial charge in [0, 0.05) is 13.0 Å². The van der Waals surface area contributed by atoms with Crippen molar-refractivity contribution in [2.75, 3.05) is 13.1 Å². The fourth-order valence-electron chi connectivity index (χ4n) is 4.16. The van der Waals surface area contributed by atoms with Gasteiger partial charge in [-0.15, -0.1) is 0 Å². The van der Waals surface area contributed by atoms with Crippen LogP contribution < -0.4 is 5.32 Å². The molecule has 0 saturated heterocycles. The summed E-state index contributed by atoms with van der Waals surface area (Å²) in [5.41, 5.74) is 0. The summed E-state index contributed by atoms with van der Waals surface area (Å²) in [4.78, 5) is 4.46. The molecular formula is C25H50N2. The zero-order chi connectivity index (χ0) is 19.3. The highest BCUT2D eigenvalue weighted by atomic mass is 15.1. The van der Waals surface area contributed by atoms with Gasteiger partial charge < -0.3 is 5.32 Å². The van der Waals surface area contributed by atoms with Crippen LogP contribution >= 0.6 is 0 Å². The van der Waals surface area contributed by atoms with E-state index in [1.165, 1.54) is 141 Å². The molecule has 1 aliphatic heterocycles. The zero-order valence-corrected chi connectivity index (χ0v) is 18.7. The number of hydrogen-bond acceptors (Lipinski definition) is 2. The average molecular weight is 379 g/mol. The van der Waals surface area contributed by atoms with E-state index >= 15 is 0 Å². The summed E-state index contributed by atoms with van der Waals surface area (Å²) in [6.07, 6.45) is 30.2. The van der Waals surface area contributed by atoms with Crippen molar-refractivity contribution in [3.8, 4) is 0 Å². The zero-order valence-electron chi connectivity index (χ0n) is 18.7. The lowest BCUT2D eigenvalue weighted by Gasteiger charge is -2.04. The van der Waals surface area contributed by atoms with Crippen LogP contribution in [0.2, 0.25) is 0 Å². The lowest BCUT2D eigenvalue weighted by Crippen LogP contribution is -2.17. The summed E-state index contributed by atoms with van der Waals surface area (Å²) in [6.45, 7) is 4.36. The first-order valence-electron chi connectivity index (χ1n) is 12.7. The standard InChI is InChI=1S/C25H50N2/c1-2-3-4-5-6-7-8-9-10-11-12-13-14-15-16-17-18-19-20-21-22-25-26-23-24-27-25/h2-24H2,1H3,(H,26,27). The Morgan fingerprint density at radius 3 is 1.26 bits per heavy atom. The van der Waals surface area contributed by atoms with Gasteiger partial charge in [0.1, 0.15) is 0 Å². The highest BCUT2D eigenvalue weighted by molar-refractivity contribution is 5.83. The predicted molar refractivity (Wildman–Crippen MR) is 123 cm³/mol. The molecule has 2 heteroatoms. The van der Waals surface area contributed by atoms with Crippen molar-refractivity contribution in [1.82, 2.24) is 5.32 Å². The lowest BCUT2D eigenvalue weighted by atomic mass is 10.0. The predicted octanol–water partition coefficient (Wildman–Crippen LogP) is 8.20. The second kappa shape index (κ2) is 20.2. The number of unbranched alkanes of at least 4 members (excludes halogenated alkanes) is 19. The summed E-state index contributed by atoms with van der Waals surface area (Å²) < 4.78 is 0. The van der Waals surface area contributed by atoms with Crippen molar-refractivity contribution in [3.05, 3.63) is 0 Å². The van der Waals surface area contributed by atoms with Crippen LogP contribution in [0.15, 0.2) is 4.99 Å². The second-order valence-electron chi connectivity index (χ2n) is 8.72. The first-order valence-corrected chi connectivity index (χ1v) is 12.7. The largest absolute Gasteiger partial charge is 0.372 e. The third kappa shape index (κ3) is 17.3. The average Bonchev–Trinajstić information content (AvgIpc) is 3.20. The molecule has 1 N–H and O–H groups in total. The normalized spacial score (nSPS) is 13.7. The summed E-state index contributed by atoms with van der Waals surface area (Å²) >= 11 is 0. The quantitative estimate of drug-likeness (QED) is 0.200. The van der Waals surface area contributed by atoms with Crippen molar-refractivity contribution in [1.29, 1.82) is 0 Å². The summed E-state index contributed by atoms with van der Waals surface area (Å²) in [7, 11) is 0. The van der Waals surface area contributed by atoms with Crippen LogP contribution in [0.5, 0.6) is 0 Å². The van der Waals surface area contributed by atoms with Crippen molar-refractivity contribution in [2.45, 2.75) is 142 Å². The van der Waals surface area contributed by atoms with Gasteiger partial charge in [0.15, 0.2) is 0 Å². The molecule has 27 heavy (non-hydrogen) atoms. The van der Waals surface area contributed by atoms with E-state index in [1.54, 1.807) is 0 Å². The van der Waals surface area contributed by atoms with E-state index < -0.39 is 0 Å². The Labute approximate surface area is 171 Å². The Morgan fingerprint density at radius 1 is 0.556 bits per heavy atom. The molecule has 0 aromatic heterocycles. The molecule has 0 aromatic carbocycles. The molecule has 1 aliphatic rings. The molecule has 0 spiro atoms. The van der Waals surface area contributed by atoms with Gasteiger partial charge in [-0.2, -0.15) is 0 Å². The summed E-state index contributed by atoms with van der Waals surface area (Å²) in [6, 6.07) is 0. The van der Waals surface area contributed by atoms with E-state index in [-0.39, 0.29) is 0 Å². The van der Waals surface area contributed by atoms with E-state index in [0.29, 0.717) is 0 Å². The van der Waals surface area contributed by atoms with Crippen LogP contribution in [0.3, 0.4) is 0 Å². The SMILES string of the molecule is CCCCCCCCCCCCCCCCCCCCCCC1=NCCN1. The minimum absolute atomic E-state index is 0.995. The highest BCUT2D eigenvalue weighted by Gasteiger charge is 2.03. The molecule has 0 aromatic rings. The van der Waals surface area contributed by atoms with Crippen molar-refractivity contribution in [3.63, 3.8) is 0 Å². The maximum atomic E-state index is 4.46. The van der Waals surface area contributed by atoms with Crippen LogP contribution in [0.4, 0.5) is 0 Å². The van der Waals surface area contributed by atoms with E-state index in [9.17, 15) is 0 Å². The van der Waals surface area contributed by atoms with Crippen molar-refractivity contribution >= 4 is 5.84 Å². The van der Waals surface area contributed by atoms with Crippen molar-refractivity contribution in [2.24, 2.45) is 4.99 Å². The van der Waals surface area contributed by atoms with Crippen LogP contribution in [0, 0.1) is 0 Å². The summed E-state index contributed by atoms with van der Waals surface area (Å²) in [5.74, 6) is 1.26. The molecule has 0 bridgehead atoms. The molecule has 0 radical (unpaired) electrons. The first kappa shape index (κ1) is 24.5. The summed E-state index contributed by atoms with van der Waals surface area (Å²) in [5, 5.41) is 3.37. The number of hydrogen-bond donors (Lipinski definition) is 1. The van der Waals surface area contributed by atoms with Gasteiger partial charge in [-0.3, -0.25) is 4.99 Å². The van der Waals surface area contributed by atoms with E-state index in [2.05, 4.69) is 17.2 Å². The van der Waals surface area contributed by atoms with Crippen LogP contribution in [-0.2, 0) is 0 Å². The highest BCUT2D eigenvalue weighted by Crippen LogP contribution is 2.15. The molecule has 0 aliphatic carbocycles. The second-order valence-corrected chi connectivity index (χ2v) is 8.72. The third-order valence-corrected chi connectivity index (χ3v) is 6.01. The minimum Gasteiger partial charge on any atom is -0.372 e. The van der Waals surface area contributed by atoms with Crippen molar-refractivity contribution < 1.29 is 0 Å². The molecule has 0 unspecified atom stereocenters. The lowest BCUT2D eigenvalue weighted by molar-refractivity contribution is 0.522.